The Morgan fingerprint density at radius 2 is 1.96 bits per heavy atom. The fraction of sp³-hybridized carbons (Fsp3) is 0.133. The van der Waals surface area contributed by atoms with Crippen molar-refractivity contribution in [1.82, 2.24) is 16.2 Å². The maximum absolute atomic E-state index is 11.8. The molecule has 2 aromatic rings. The Morgan fingerprint density at radius 3 is 2.60 bits per heavy atom. The zero-order valence-electron chi connectivity index (χ0n) is 12.9. The lowest BCUT2D eigenvalue weighted by Crippen LogP contribution is -2.49. The van der Waals surface area contributed by atoms with Crippen molar-refractivity contribution in [3.05, 3.63) is 50.8 Å². The Bertz CT molecular complexity index is 810. The highest BCUT2D eigenvalue weighted by Crippen LogP contribution is 2.21. The van der Waals surface area contributed by atoms with Gasteiger partial charge in [-0.05, 0) is 71.0 Å². The van der Waals surface area contributed by atoms with E-state index in [1.54, 1.807) is 18.2 Å². The molecule has 25 heavy (non-hydrogen) atoms. The number of hydrogen-bond acceptors (Lipinski definition) is 5. The number of benzene rings is 1. The Balaban J connectivity index is 1.72. The number of ether oxygens (including phenoxy) is 1. The van der Waals surface area contributed by atoms with Crippen LogP contribution >= 0.6 is 44.1 Å². The van der Waals surface area contributed by atoms with Crippen molar-refractivity contribution < 1.29 is 18.7 Å². The molecule has 3 N–H and O–H groups in total. The quantitative estimate of drug-likeness (QED) is 0.450. The Labute approximate surface area is 165 Å². The number of rotatable bonds is 4. The van der Waals surface area contributed by atoms with E-state index in [9.17, 15) is 9.59 Å². The molecule has 0 aliphatic rings. The maximum Gasteiger partial charge on any atom is 0.293 e. The van der Waals surface area contributed by atoms with E-state index >= 15 is 0 Å². The van der Waals surface area contributed by atoms with Crippen LogP contribution in [0.3, 0.4) is 0 Å². The van der Waals surface area contributed by atoms with Crippen molar-refractivity contribution in [3.8, 4) is 5.75 Å². The summed E-state index contributed by atoms with van der Waals surface area (Å²) in [5, 5.41) is 2.28. The van der Waals surface area contributed by atoms with Gasteiger partial charge in [0.2, 0.25) is 0 Å². The lowest BCUT2D eigenvalue weighted by molar-refractivity contribution is -0.123. The minimum absolute atomic E-state index is 0.0784. The minimum atomic E-state index is -0.543. The summed E-state index contributed by atoms with van der Waals surface area (Å²) < 4.78 is 11.8. The van der Waals surface area contributed by atoms with Gasteiger partial charge in [0.1, 0.15) is 5.75 Å². The minimum Gasteiger partial charge on any atom is -0.484 e. The van der Waals surface area contributed by atoms with Crippen molar-refractivity contribution in [3.63, 3.8) is 0 Å². The number of halogens is 2. The van der Waals surface area contributed by atoms with E-state index in [0.29, 0.717) is 10.4 Å². The third kappa shape index (κ3) is 6.15. The number of furan rings is 1. The highest BCUT2D eigenvalue weighted by atomic mass is 79.9. The first-order valence-corrected chi connectivity index (χ1v) is 8.89. The van der Waals surface area contributed by atoms with E-state index in [0.717, 1.165) is 10.0 Å². The van der Waals surface area contributed by atoms with Crippen LogP contribution < -0.4 is 20.9 Å². The summed E-state index contributed by atoms with van der Waals surface area (Å²) in [6.45, 7) is 1.70. The van der Waals surface area contributed by atoms with Gasteiger partial charge >= 0.3 is 0 Å². The molecule has 0 bridgehead atoms. The van der Waals surface area contributed by atoms with Crippen LogP contribution in [-0.2, 0) is 4.79 Å². The molecule has 2 amide bonds. The average molecular weight is 491 g/mol. The monoisotopic (exact) mass is 489 g/mol. The molecule has 0 unspecified atom stereocenters. The van der Waals surface area contributed by atoms with Gasteiger partial charge in [0, 0.05) is 4.47 Å². The molecule has 0 aliphatic heterocycles. The molecule has 0 saturated carbocycles. The maximum atomic E-state index is 11.8. The SMILES string of the molecule is Cc1cc(OCC(=O)NNC(=S)NC(=O)c2ccc(Br)o2)ccc1Br. The number of aryl methyl sites for hydroxylation is 1. The standard InChI is InChI=1S/C15H13Br2N3O4S/c1-8-6-9(2-3-10(8)16)23-7-13(21)19-20-15(25)18-14(22)11-4-5-12(17)24-11/h2-6H,7H2,1H3,(H,19,21)(H2,18,20,22,25). The fourth-order valence-electron chi connectivity index (χ4n) is 1.65. The fourth-order valence-corrected chi connectivity index (χ4v) is 2.35. The number of nitrogens with one attached hydrogen (secondary N) is 3. The van der Waals surface area contributed by atoms with E-state index < -0.39 is 11.8 Å². The van der Waals surface area contributed by atoms with Gasteiger partial charge in [-0.25, -0.2) is 0 Å². The zero-order chi connectivity index (χ0) is 18.4. The summed E-state index contributed by atoms with van der Waals surface area (Å²) in [4.78, 5) is 23.5. The van der Waals surface area contributed by atoms with Crippen molar-refractivity contribution in [2.45, 2.75) is 6.92 Å². The van der Waals surface area contributed by atoms with Crippen LogP contribution in [0.5, 0.6) is 5.75 Å². The second kappa shape index (κ2) is 8.97. The van der Waals surface area contributed by atoms with E-state index in [1.807, 2.05) is 13.0 Å². The molecular formula is C15H13Br2N3O4S. The number of hydrogen-bond donors (Lipinski definition) is 3. The van der Waals surface area contributed by atoms with Gasteiger partial charge in [-0.2, -0.15) is 0 Å². The molecule has 1 heterocycles. The van der Waals surface area contributed by atoms with E-state index in [4.69, 9.17) is 21.4 Å². The zero-order valence-corrected chi connectivity index (χ0v) is 16.9. The predicted molar refractivity (Wildman–Crippen MR) is 102 cm³/mol. The van der Waals surface area contributed by atoms with Gasteiger partial charge in [0.25, 0.3) is 11.8 Å². The molecule has 1 aromatic heterocycles. The first-order valence-electron chi connectivity index (χ1n) is 6.89. The van der Waals surface area contributed by atoms with Crippen LogP contribution in [0.4, 0.5) is 0 Å². The molecule has 0 atom stereocenters. The second-order valence-corrected chi connectivity index (χ2v) is 6.80. The van der Waals surface area contributed by atoms with Crippen molar-refractivity contribution in [1.29, 1.82) is 0 Å². The number of amides is 2. The third-order valence-corrected chi connectivity index (χ3v) is 4.36. The molecule has 1 aromatic carbocycles. The number of carbonyl (C=O) groups is 2. The first kappa shape index (κ1) is 19.4. The Hall–Kier alpha value is -1.91. The largest absolute Gasteiger partial charge is 0.484 e. The number of thiocarbonyl (C=S) groups is 1. The van der Waals surface area contributed by atoms with Gasteiger partial charge in [-0.1, -0.05) is 15.9 Å². The molecule has 132 valence electrons. The topological polar surface area (TPSA) is 92.6 Å². The average Bonchev–Trinajstić information content (AvgIpc) is 3.00. The highest BCUT2D eigenvalue weighted by Gasteiger charge is 2.12. The van der Waals surface area contributed by atoms with Crippen LogP contribution in [0.25, 0.3) is 0 Å². The highest BCUT2D eigenvalue weighted by molar-refractivity contribution is 9.10. The molecule has 0 radical (unpaired) electrons. The molecule has 7 nitrogen and oxygen atoms in total. The second-order valence-electron chi connectivity index (χ2n) is 4.76. The summed E-state index contributed by atoms with van der Waals surface area (Å²) in [6, 6.07) is 8.43. The lowest BCUT2D eigenvalue weighted by atomic mass is 10.2. The van der Waals surface area contributed by atoms with Crippen LogP contribution in [-0.4, -0.2) is 23.5 Å². The molecular weight excluding hydrogens is 478 g/mol. The van der Waals surface area contributed by atoms with E-state index in [2.05, 4.69) is 48.0 Å². The molecule has 2 rings (SSSR count). The number of hydrazine groups is 1. The van der Waals surface area contributed by atoms with Crippen molar-refractivity contribution >= 4 is 61.0 Å². The smallest absolute Gasteiger partial charge is 0.293 e. The van der Waals surface area contributed by atoms with Crippen molar-refractivity contribution in [2.75, 3.05) is 6.61 Å². The molecule has 0 spiro atoms. The summed E-state index contributed by atoms with van der Waals surface area (Å²) >= 11 is 11.4. The van der Waals surface area contributed by atoms with Crippen LogP contribution in [0, 0.1) is 6.92 Å². The van der Waals surface area contributed by atoms with Gasteiger partial charge in [0.15, 0.2) is 22.1 Å². The predicted octanol–water partition coefficient (Wildman–Crippen LogP) is 2.83. The molecule has 10 heteroatoms. The van der Waals surface area contributed by atoms with Gasteiger partial charge in [-0.3, -0.25) is 25.8 Å². The summed E-state index contributed by atoms with van der Waals surface area (Å²) in [7, 11) is 0. The molecule has 0 saturated heterocycles. The van der Waals surface area contributed by atoms with Crippen molar-refractivity contribution in [2.24, 2.45) is 0 Å². The molecule has 0 fully saturated rings. The Kier molecular flexibility index (Phi) is 6.97. The summed E-state index contributed by atoms with van der Waals surface area (Å²) in [5.74, 6) is -0.358. The summed E-state index contributed by atoms with van der Waals surface area (Å²) in [5.41, 5.74) is 5.72. The summed E-state index contributed by atoms with van der Waals surface area (Å²) in [6.07, 6.45) is 0. The van der Waals surface area contributed by atoms with Gasteiger partial charge < -0.3 is 9.15 Å². The molecule has 0 aliphatic carbocycles. The van der Waals surface area contributed by atoms with Crippen LogP contribution in [0.15, 0.2) is 43.9 Å². The number of carbonyl (C=O) groups excluding carboxylic acids is 2. The first-order chi connectivity index (χ1) is 11.8. The van der Waals surface area contributed by atoms with E-state index in [-0.39, 0.29) is 17.5 Å². The van der Waals surface area contributed by atoms with Crippen LogP contribution in [0.2, 0.25) is 0 Å². The third-order valence-electron chi connectivity index (χ3n) is 2.84. The van der Waals surface area contributed by atoms with Gasteiger partial charge in [0.05, 0.1) is 0 Å². The normalized spacial score (nSPS) is 10.0. The van der Waals surface area contributed by atoms with Gasteiger partial charge in [-0.15, -0.1) is 0 Å². The van der Waals surface area contributed by atoms with E-state index in [1.165, 1.54) is 6.07 Å². The van der Waals surface area contributed by atoms with Crippen LogP contribution in [0.1, 0.15) is 16.1 Å². The lowest BCUT2D eigenvalue weighted by Gasteiger charge is -2.11. The Morgan fingerprint density at radius 1 is 1.20 bits per heavy atom.